The molecule has 0 amide bonds. The van der Waals surface area contributed by atoms with Crippen molar-refractivity contribution in [2.24, 2.45) is 0 Å². The number of nitrogens with one attached hydrogen (secondary N) is 2. The van der Waals surface area contributed by atoms with Crippen LogP contribution in [0.1, 0.15) is 181 Å². The Bertz CT molecular complexity index is 688. The van der Waals surface area contributed by atoms with Gasteiger partial charge in [0.1, 0.15) is 0 Å². The lowest BCUT2D eigenvalue weighted by Gasteiger charge is -2.21. The number of nitrogens with zero attached hydrogens (tertiary/aromatic N) is 1. The maximum atomic E-state index is 11.9. The number of aliphatic hydroxyl groups excluding tert-OH is 1. The Balaban J connectivity index is 3.53. The summed E-state index contributed by atoms with van der Waals surface area (Å²) in [6.07, 6.45) is 37.3. The predicted octanol–water partition coefficient (Wildman–Crippen LogP) is 9.67. The Kier molecular flexibility index (Phi) is 38.3. The van der Waals surface area contributed by atoms with Crippen molar-refractivity contribution in [2.75, 3.05) is 39.3 Å². The molecular formula is C40H77N3O5. The van der Waals surface area contributed by atoms with Gasteiger partial charge in [0.2, 0.25) is 0 Å². The molecule has 0 unspecified atom stereocenters. The number of hydrogen-bond donors (Lipinski definition) is 3. The molecule has 0 saturated carbocycles. The van der Waals surface area contributed by atoms with E-state index in [4.69, 9.17) is 9.68 Å². The molecule has 0 bridgehead atoms. The zero-order valence-corrected chi connectivity index (χ0v) is 31.5. The number of carbonyl (C=O) groups is 2. The zero-order chi connectivity index (χ0) is 35.0. The standard InChI is InChI=1S/C40H77N3O5/c1-3-5-7-9-15-21-27-33-41-47-39(45)31-25-19-13-11-17-23-29-35-43(37-38-44)36-30-24-18-12-14-20-26-32-40(46)48-42-34-28-22-16-10-8-6-4-2/h15-16,21-22,41-42,44H,3-14,17-20,23-38H2,1-2H3/b21-15-,22-16-. The fourth-order valence-corrected chi connectivity index (χ4v) is 5.60. The molecule has 0 saturated heterocycles. The lowest BCUT2D eigenvalue weighted by molar-refractivity contribution is -0.152. The molecule has 0 heterocycles. The molecule has 0 aliphatic rings. The number of carbonyl (C=O) groups excluding carboxylic acids is 2. The van der Waals surface area contributed by atoms with E-state index in [1.54, 1.807) is 0 Å². The Morgan fingerprint density at radius 3 is 1.27 bits per heavy atom. The fourth-order valence-electron chi connectivity index (χ4n) is 5.60. The SMILES string of the molecule is CCCCC/C=C\CCNOC(=O)CCCCCCCCCN(CCO)CCCCCCCCCC(=O)ONCC/C=C\CCCCC. The Hall–Kier alpha value is -1.74. The third-order valence-corrected chi connectivity index (χ3v) is 8.61. The van der Waals surface area contributed by atoms with Crippen molar-refractivity contribution in [1.29, 1.82) is 0 Å². The van der Waals surface area contributed by atoms with Crippen LogP contribution in [0.5, 0.6) is 0 Å². The van der Waals surface area contributed by atoms with Gasteiger partial charge in [-0.1, -0.05) is 128 Å². The molecule has 282 valence electrons. The van der Waals surface area contributed by atoms with Crippen molar-refractivity contribution < 1.29 is 24.4 Å². The van der Waals surface area contributed by atoms with Crippen LogP contribution in [0.25, 0.3) is 0 Å². The third kappa shape index (κ3) is 37.1. The first-order valence-electron chi connectivity index (χ1n) is 20.1. The second-order valence-corrected chi connectivity index (χ2v) is 13.3. The lowest BCUT2D eigenvalue weighted by Crippen LogP contribution is -2.29. The normalized spacial score (nSPS) is 11.8. The van der Waals surface area contributed by atoms with Gasteiger partial charge in [-0.3, -0.25) is 9.59 Å². The summed E-state index contributed by atoms with van der Waals surface area (Å²) in [5.74, 6) is -0.305. The van der Waals surface area contributed by atoms with Crippen molar-refractivity contribution in [2.45, 2.75) is 181 Å². The molecule has 0 atom stereocenters. The number of hydrogen-bond acceptors (Lipinski definition) is 8. The van der Waals surface area contributed by atoms with Crippen molar-refractivity contribution >= 4 is 11.9 Å². The predicted molar refractivity (Wildman–Crippen MR) is 201 cm³/mol. The second kappa shape index (κ2) is 39.7. The molecule has 48 heavy (non-hydrogen) atoms. The van der Waals surface area contributed by atoms with E-state index >= 15 is 0 Å². The van der Waals surface area contributed by atoms with Crippen molar-refractivity contribution in [3.63, 3.8) is 0 Å². The number of rotatable bonds is 38. The van der Waals surface area contributed by atoms with Gasteiger partial charge in [-0.25, -0.2) is 0 Å². The van der Waals surface area contributed by atoms with Gasteiger partial charge < -0.3 is 19.7 Å². The van der Waals surface area contributed by atoms with E-state index in [0.717, 1.165) is 71.0 Å². The van der Waals surface area contributed by atoms with E-state index in [9.17, 15) is 14.7 Å². The highest BCUT2D eigenvalue weighted by Gasteiger charge is 2.06. The zero-order valence-electron chi connectivity index (χ0n) is 31.5. The van der Waals surface area contributed by atoms with Gasteiger partial charge in [-0.05, 0) is 77.3 Å². The first-order valence-corrected chi connectivity index (χ1v) is 20.1. The van der Waals surface area contributed by atoms with Crippen LogP contribution in [-0.4, -0.2) is 61.3 Å². The van der Waals surface area contributed by atoms with Crippen LogP contribution in [0.15, 0.2) is 24.3 Å². The van der Waals surface area contributed by atoms with Gasteiger partial charge in [-0.2, -0.15) is 11.0 Å². The summed E-state index contributed by atoms with van der Waals surface area (Å²) in [4.78, 5) is 36.4. The van der Waals surface area contributed by atoms with Crippen LogP contribution >= 0.6 is 0 Å². The molecule has 3 N–H and O–H groups in total. The summed E-state index contributed by atoms with van der Waals surface area (Å²) in [5.41, 5.74) is 5.58. The smallest absolute Gasteiger partial charge is 0.324 e. The van der Waals surface area contributed by atoms with Gasteiger partial charge in [-0.15, -0.1) is 0 Å². The third-order valence-electron chi connectivity index (χ3n) is 8.61. The van der Waals surface area contributed by atoms with Crippen LogP contribution in [0.2, 0.25) is 0 Å². The molecule has 0 radical (unpaired) electrons. The van der Waals surface area contributed by atoms with Gasteiger partial charge in [0.15, 0.2) is 0 Å². The number of hydroxylamine groups is 2. The molecule has 0 fully saturated rings. The summed E-state index contributed by atoms with van der Waals surface area (Å²) in [5, 5.41) is 9.47. The van der Waals surface area contributed by atoms with Gasteiger partial charge >= 0.3 is 11.9 Å². The van der Waals surface area contributed by atoms with E-state index in [2.05, 4.69) is 54.0 Å². The first kappa shape index (κ1) is 46.3. The molecule has 8 nitrogen and oxygen atoms in total. The minimum absolute atomic E-state index is 0.152. The molecule has 0 aromatic heterocycles. The van der Waals surface area contributed by atoms with E-state index in [0.29, 0.717) is 25.9 Å². The van der Waals surface area contributed by atoms with E-state index < -0.39 is 0 Å². The molecule has 0 aliphatic carbocycles. The van der Waals surface area contributed by atoms with Crippen molar-refractivity contribution in [1.82, 2.24) is 15.9 Å². The quantitative estimate of drug-likeness (QED) is 0.0337. The number of unbranched alkanes of at least 4 members (excludes halogenated alkanes) is 18. The minimum Gasteiger partial charge on any atom is -0.395 e. The van der Waals surface area contributed by atoms with E-state index in [-0.39, 0.29) is 18.5 Å². The molecule has 0 aromatic carbocycles. The lowest BCUT2D eigenvalue weighted by atomic mass is 10.1. The average molecular weight is 680 g/mol. The van der Waals surface area contributed by atoms with E-state index in [1.165, 1.54) is 103 Å². The average Bonchev–Trinajstić information content (AvgIpc) is 3.08. The summed E-state index contributed by atoms with van der Waals surface area (Å²) < 4.78 is 0. The van der Waals surface area contributed by atoms with Crippen LogP contribution in [0.3, 0.4) is 0 Å². The Morgan fingerprint density at radius 2 is 0.875 bits per heavy atom. The molecule has 0 spiro atoms. The monoisotopic (exact) mass is 680 g/mol. The summed E-state index contributed by atoms with van der Waals surface area (Å²) >= 11 is 0. The van der Waals surface area contributed by atoms with Crippen LogP contribution in [0, 0.1) is 0 Å². The largest absolute Gasteiger partial charge is 0.395 e. The Morgan fingerprint density at radius 1 is 0.500 bits per heavy atom. The highest BCUT2D eigenvalue weighted by molar-refractivity contribution is 5.69. The van der Waals surface area contributed by atoms with Crippen molar-refractivity contribution in [3.8, 4) is 0 Å². The Labute approximate surface area is 296 Å². The molecule has 0 aliphatic heterocycles. The van der Waals surface area contributed by atoms with E-state index in [1.807, 2.05) is 0 Å². The van der Waals surface area contributed by atoms with Crippen molar-refractivity contribution in [3.05, 3.63) is 24.3 Å². The molecule has 8 heteroatoms. The maximum absolute atomic E-state index is 11.9. The highest BCUT2D eigenvalue weighted by atomic mass is 16.7. The fraction of sp³-hybridized carbons (Fsp3) is 0.850. The number of allylic oxidation sites excluding steroid dienone is 2. The maximum Gasteiger partial charge on any atom is 0.324 e. The van der Waals surface area contributed by atoms with Crippen LogP contribution in [0.4, 0.5) is 0 Å². The van der Waals surface area contributed by atoms with Crippen LogP contribution in [-0.2, 0) is 19.3 Å². The summed E-state index contributed by atoms with van der Waals surface area (Å²) in [6.45, 7) is 8.89. The summed E-state index contributed by atoms with van der Waals surface area (Å²) in [7, 11) is 0. The molecule has 0 rings (SSSR count). The van der Waals surface area contributed by atoms with Gasteiger partial charge in [0.25, 0.3) is 0 Å². The topological polar surface area (TPSA) is 100 Å². The molecular weight excluding hydrogens is 602 g/mol. The number of aliphatic hydroxyl groups is 1. The highest BCUT2D eigenvalue weighted by Crippen LogP contribution is 2.12. The van der Waals surface area contributed by atoms with Crippen LogP contribution < -0.4 is 11.0 Å². The summed E-state index contributed by atoms with van der Waals surface area (Å²) in [6, 6.07) is 0. The molecule has 0 aromatic rings. The first-order chi connectivity index (χ1) is 23.6. The minimum atomic E-state index is -0.152. The second-order valence-electron chi connectivity index (χ2n) is 13.3. The van der Waals surface area contributed by atoms with Gasteiger partial charge in [0, 0.05) is 32.5 Å². The van der Waals surface area contributed by atoms with Gasteiger partial charge in [0.05, 0.1) is 6.61 Å².